The van der Waals surface area contributed by atoms with Crippen molar-refractivity contribution in [3.8, 4) is 0 Å². The van der Waals surface area contributed by atoms with Crippen molar-refractivity contribution in [1.29, 1.82) is 0 Å². The molecule has 580 valence electrons. The lowest BCUT2D eigenvalue weighted by atomic mass is 9.91. The summed E-state index contributed by atoms with van der Waals surface area (Å²) in [4.78, 5) is 200. The SMILES string of the molecule is C/C=C/C[C@@H](C)[C@@H](O)[C@@H](C(=O)N[C@@H](CC)C(=O)N(C)CC(=O)N(C)[C@@H](CCCCCCNC(=O)CCCCCN1C(=O)C=CC1=O)C(=O)N[C@H](C(=O)N(C)[C@@H](CC(C)C)C(=O)N[C@@H](C)C(=O)N[C@H](C)C(=O)N(C)[C@H](C=O)CC(C)C)C(C)C)N(C)C(=O)[C@H](C(C)C)N(C)C(=O)[C@H](CC(C)C)NC. The number of nitrogens with one attached hydrogen (secondary N) is 6. The van der Waals surface area contributed by atoms with E-state index in [1.165, 1.54) is 87.9 Å². The second-order valence-corrected chi connectivity index (χ2v) is 29.6. The molecule has 0 unspecified atom stereocenters. The van der Waals surface area contributed by atoms with Crippen molar-refractivity contribution < 1.29 is 72.2 Å². The van der Waals surface area contributed by atoms with Crippen LogP contribution in [0.3, 0.4) is 0 Å². The molecule has 0 aromatic carbocycles. The predicted molar refractivity (Wildman–Crippen MR) is 392 cm³/mol. The fourth-order valence-electron chi connectivity index (χ4n) is 12.3. The maximum Gasteiger partial charge on any atom is 0.253 e. The molecule has 0 saturated carbocycles. The lowest BCUT2D eigenvalue weighted by Gasteiger charge is -2.40. The van der Waals surface area contributed by atoms with E-state index in [9.17, 15) is 72.2 Å². The molecular weight excluding hydrogens is 1310 g/mol. The molecule has 0 saturated heterocycles. The maximum absolute atomic E-state index is 14.9. The van der Waals surface area contributed by atoms with E-state index in [-0.39, 0.29) is 73.6 Å². The number of aldehydes is 1. The Morgan fingerprint density at radius 3 is 1.62 bits per heavy atom. The number of amides is 13. The number of hydrogen-bond donors (Lipinski definition) is 7. The number of aliphatic hydroxyl groups is 1. The van der Waals surface area contributed by atoms with E-state index in [4.69, 9.17) is 0 Å². The van der Waals surface area contributed by atoms with Crippen LogP contribution in [-0.2, 0) is 67.1 Å². The summed E-state index contributed by atoms with van der Waals surface area (Å²) in [7, 11) is 10.2. The minimum absolute atomic E-state index is 0.0105. The lowest BCUT2D eigenvalue weighted by Crippen LogP contribution is -2.63. The number of unbranched alkanes of at least 4 members (excludes halogenated alkanes) is 5. The molecule has 1 heterocycles. The van der Waals surface area contributed by atoms with E-state index in [1.54, 1.807) is 54.7 Å². The molecule has 0 aromatic rings. The summed E-state index contributed by atoms with van der Waals surface area (Å²) in [5.74, 6) is -8.75. The standard InChI is InChI=1S/C74H129N13O15/c1-23-25-33-50(13)65(93)64(86(22)74(102)63(49(11)12)85(21)72(100)55(75-16)41-46(5)6)69(97)79-54(24-2)71(99)81(17)43-61(92)83(19)56(34-29-26-27-31-38-76-58(89)35-30-28-32-39-87-59(90)36-37-60(87)91)67(95)80-62(48(9)10)73(101)84(20)57(42-47(7)8)68(96)77-51(14)66(94)78-52(15)70(98)82(18)53(44-88)40-45(3)4/h23,25,36-37,44-57,62-65,75,93H,24,26-35,38-43H2,1-22H3,(H,76,89)(H,77,96)(H,78,94)(H,79,97)(H,80,95)/b25-23+/t50-,51+,52-,53+,54+,55+,56+,57+,62+,63+,64+,65-/m1/s1. The molecule has 0 radical (unpaired) electrons. The summed E-state index contributed by atoms with van der Waals surface area (Å²) < 4.78 is 0. The predicted octanol–water partition coefficient (Wildman–Crippen LogP) is 3.72. The van der Waals surface area contributed by atoms with E-state index in [2.05, 4.69) is 31.9 Å². The van der Waals surface area contributed by atoms with Crippen LogP contribution >= 0.6 is 0 Å². The van der Waals surface area contributed by atoms with E-state index in [1.807, 2.05) is 54.5 Å². The molecule has 102 heavy (non-hydrogen) atoms. The first-order valence-electron chi connectivity index (χ1n) is 36.7. The van der Waals surface area contributed by atoms with Crippen molar-refractivity contribution in [3.63, 3.8) is 0 Å². The van der Waals surface area contributed by atoms with Crippen LogP contribution < -0.4 is 31.9 Å². The average molecular weight is 1440 g/mol. The number of imide groups is 1. The Morgan fingerprint density at radius 2 is 1.09 bits per heavy atom. The largest absolute Gasteiger partial charge is 0.390 e. The van der Waals surface area contributed by atoms with Gasteiger partial charge in [-0.15, -0.1) is 0 Å². The van der Waals surface area contributed by atoms with Crippen LogP contribution in [0, 0.1) is 35.5 Å². The topological polar surface area (TPSA) is 354 Å². The fraction of sp³-hybridized carbons (Fsp3) is 0.757. The number of rotatable bonds is 48. The number of allylic oxidation sites excluding steroid dienone is 2. The van der Waals surface area contributed by atoms with Gasteiger partial charge in [0.25, 0.3) is 11.8 Å². The Balaban J connectivity index is 3.61. The third-order valence-corrected chi connectivity index (χ3v) is 18.8. The summed E-state index contributed by atoms with van der Waals surface area (Å²) in [6, 6.07) is -11.1. The third kappa shape index (κ3) is 29.6. The van der Waals surface area contributed by atoms with Gasteiger partial charge in [0.15, 0.2) is 0 Å². The Morgan fingerprint density at radius 1 is 0.539 bits per heavy atom. The number of aliphatic hydroxyl groups excluding tert-OH is 1. The third-order valence-electron chi connectivity index (χ3n) is 18.8. The molecule has 1 aliphatic heterocycles. The highest BCUT2D eigenvalue weighted by Gasteiger charge is 2.44. The average Bonchev–Trinajstić information content (AvgIpc) is 0.990. The monoisotopic (exact) mass is 1440 g/mol. The normalized spacial score (nSPS) is 15.9. The summed E-state index contributed by atoms with van der Waals surface area (Å²) >= 11 is 0. The first kappa shape index (κ1) is 92.4. The summed E-state index contributed by atoms with van der Waals surface area (Å²) in [5, 5.41) is 28.9. The molecule has 12 atom stereocenters. The van der Waals surface area contributed by atoms with Gasteiger partial charge in [0.2, 0.25) is 65.0 Å². The molecule has 7 N–H and O–H groups in total. The van der Waals surface area contributed by atoms with Gasteiger partial charge in [-0.1, -0.05) is 121 Å². The van der Waals surface area contributed by atoms with Gasteiger partial charge in [0.05, 0.1) is 24.7 Å². The maximum atomic E-state index is 14.9. The molecule has 28 nitrogen and oxygen atoms in total. The highest BCUT2D eigenvalue weighted by molar-refractivity contribution is 6.13. The summed E-state index contributed by atoms with van der Waals surface area (Å²) in [6.45, 7) is 26.6. The first-order chi connectivity index (χ1) is 47.7. The zero-order valence-corrected chi connectivity index (χ0v) is 65.5. The number of carbonyl (C=O) groups excluding carboxylic acids is 14. The van der Waals surface area contributed by atoms with Crippen LogP contribution in [0.1, 0.15) is 194 Å². The minimum atomic E-state index is -1.55. The Bertz CT molecular complexity index is 2830. The van der Waals surface area contributed by atoms with Gasteiger partial charge < -0.3 is 71.2 Å². The number of likely N-dealkylation sites (N-methyl/N-ethyl adjacent to an activating group) is 7. The smallest absolute Gasteiger partial charge is 0.253 e. The van der Waals surface area contributed by atoms with Crippen LogP contribution in [0.25, 0.3) is 0 Å². The molecule has 0 fully saturated rings. The van der Waals surface area contributed by atoms with Crippen molar-refractivity contribution >= 4 is 83.1 Å². The van der Waals surface area contributed by atoms with Crippen LogP contribution in [-0.4, -0.2) is 258 Å². The molecular formula is C74H129N13O15. The van der Waals surface area contributed by atoms with Crippen LogP contribution in [0.15, 0.2) is 24.3 Å². The van der Waals surface area contributed by atoms with Crippen molar-refractivity contribution in [1.82, 2.24) is 66.2 Å². The Kier molecular flexibility index (Phi) is 41.8. The van der Waals surface area contributed by atoms with E-state index >= 15 is 0 Å². The Labute approximate surface area is 608 Å². The highest BCUT2D eigenvalue weighted by atomic mass is 16.3. The summed E-state index contributed by atoms with van der Waals surface area (Å²) in [5.41, 5.74) is 0. The molecule has 0 aliphatic carbocycles. The van der Waals surface area contributed by atoms with E-state index in [0.717, 1.165) is 14.7 Å². The molecule has 0 aromatic heterocycles. The quantitative estimate of drug-likeness (QED) is 0.0198. The number of nitrogens with zero attached hydrogens (tertiary/aromatic N) is 7. The zero-order chi connectivity index (χ0) is 78.2. The van der Waals surface area contributed by atoms with Crippen molar-refractivity contribution in [3.05, 3.63) is 24.3 Å². The van der Waals surface area contributed by atoms with E-state index in [0.29, 0.717) is 77.0 Å². The van der Waals surface area contributed by atoms with Gasteiger partial charge >= 0.3 is 0 Å². The van der Waals surface area contributed by atoms with Crippen molar-refractivity contribution in [2.45, 2.75) is 260 Å². The molecule has 0 spiro atoms. The van der Waals surface area contributed by atoms with Gasteiger partial charge in [0, 0.05) is 73.9 Å². The second-order valence-electron chi connectivity index (χ2n) is 29.6. The number of carbonyl (C=O) groups is 14. The van der Waals surface area contributed by atoms with Crippen LogP contribution in [0.5, 0.6) is 0 Å². The van der Waals surface area contributed by atoms with Gasteiger partial charge in [-0.3, -0.25) is 67.2 Å². The fourth-order valence-corrected chi connectivity index (χ4v) is 12.3. The lowest BCUT2D eigenvalue weighted by molar-refractivity contribution is -0.154. The van der Waals surface area contributed by atoms with E-state index < -0.39 is 144 Å². The molecule has 1 rings (SSSR count). The van der Waals surface area contributed by atoms with Crippen molar-refractivity contribution in [2.24, 2.45) is 35.5 Å². The van der Waals surface area contributed by atoms with Crippen LogP contribution in [0.2, 0.25) is 0 Å². The first-order valence-corrected chi connectivity index (χ1v) is 36.7. The van der Waals surface area contributed by atoms with Gasteiger partial charge in [0.1, 0.15) is 54.6 Å². The van der Waals surface area contributed by atoms with Gasteiger partial charge in [-0.2, -0.15) is 0 Å². The molecule has 1 aliphatic rings. The molecule has 0 bridgehead atoms. The number of hydrogen-bond acceptors (Lipinski definition) is 16. The Hall–Kier alpha value is -7.62. The highest BCUT2D eigenvalue weighted by Crippen LogP contribution is 2.24. The zero-order valence-electron chi connectivity index (χ0n) is 65.5. The van der Waals surface area contributed by atoms with Gasteiger partial charge in [-0.25, -0.2) is 0 Å². The minimum Gasteiger partial charge on any atom is -0.390 e. The molecule has 28 heteroatoms. The van der Waals surface area contributed by atoms with Crippen LogP contribution in [0.4, 0.5) is 0 Å². The molecule has 13 amide bonds. The second kappa shape index (κ2) is 46.2. The summed E-state index contributed by atoms with van der Waals surface area (Å²) in [6.07, 6.45) is 11.0. The van der Waals surface area contributed by atoms with Gasteiger partial charge in [-0.05, 0) is 121 Å². The van der Waals surface area contributed by atoms with Crippen molar-refractivity contribution in [2.75, 3.05) is 69.0 Å².